The van der Waals surface area contributed by atoms with Gasteiger partial charge in [-0.1, -0.05) is 25.1 Å². The van der Waals surface area contributed by atoms with Crippen molar-refractivity contribution in [3.63, 3.8) is 0 Å². The molecule has 4 rings (SSSR count). The van der Waals surface area contributed by atoms with Gasteiger partial charge < -0.3 is 16.0 Å². The monoisotopic (exact) mass is 603 g/mol. The molecule has 0 bridgehead atoms. The van der Waals surface area contributed by atoms with Gasteiger partial charge in [-0.05, 0) is 48.4 Å². The Bertz CT molecular complexity index is 1400. The Hall–Kier alpha value is -3.42. The summed E-state index contributed by atoms with van der Waals surface area (Å²) in [7, 11) is 1.67. The molecule has 2 aromatic carbocycles. The van der Waals surface area contributed by atoms with E-state index in [1.54, 1.807) is 23.4 Å². The molecule has 0 atom stereocenters. The van der Waals surface area contributed by atoms with Gasteiger partial charge in [-0.2, -0.15) is 0 Å². The standard InChI is InChI=1S/C28H34FN7O3S.ClH/c1-4-31-9-10-36(24-12-19(6-5-18(24)2)28-33-23(17-40-28)27(30)39)26(38)14-32-13-25(37)34(3)35-15-20-7-8-22(29)11-21(20)16-35;/h5-8,11-12,17,31-32H,4,9-10,13-16H2,1-3H3,(H2,30,39);1H. The number of benzene rings is 2. The van der Waals surface area contributed by atoms with Crippen molar-refractivity contribution in [2.75, 3.05) is 44.7 Å². The highest BCUT2D eigenvalue weighted by Gasteiger charge is 2.26. The molecule has 0 fully saturated rings. The van der Waals surface area contributed by atoms with Crippen LogP contribution in [0.2, 0.25) is 0 Å². The first-order valence-electron chi connectivity index (χ1n) is 13.0. The molecule has 10 nitrogen and oxygen atoms in total. The smallest absolute Gasteiger partial charge is 0.268 e. The highest BCUT2D eigenvalue weighted by Crippen LogP contribution is 2.30. The first kappa shape index (κ1) is 32.1. The van der Waals surface area contributed by atoms with Crippen LogP contribution in [0.15, 0.2) is 41.8 Å². The number of carbonyl (C=O) groups excluding carboxylic acids is 3. The van der Waals surface area contributed by atoms with E-state index in [9.17, 15) is 18.8 Å². The number of rotatable bonds is 12. The lowest BCUT2D eigenvalue weighted by molar-refractivity contribution is -0.145. The van der Waals surface area contributed by atoms with E-state index in [-0.39, 0.29) is 48.8 Å². The lowest BCUT2D eigenvalue weighted by Crippen LogP contribution is -2.47. The molecule has 3 aromatic rings. The molecule has 1 aromatic heterocycles. The number of nitrogens with one attached hydrogen (secondary N) is 2. The molecule has 0 unspecified atom stereocenters. The zero-order chi connectivity index (χ0) is 28.8. The summed E-state index contributed by atoms with van der Waals surface area (Å²) in [6, 6.07) is 10.3. The molecule has 2 heterocycles. The number of likely N-dealkylation sites (N-methyl/N-ethyl adjacent to an activating group) is 2. The summed E-state index contributed by atoms with van der Waals surface area (Å²) >= 11 is 1.31. The minimum Gasteiger partial charge on any atom is -0.364 e. The number of amides is 3. The van der Waals surface area contributed by atoms with E-state index in [4.69, 9.17) is 5.73 Å². The van der Waals surface area contributed by atoms with Crippen molar-refractivity contribution in [1.29, 1.82) is 0 Å². The van der Waals surface area contributed by atoms with E-state index in [0.29, 0.717) is 31.2 Å². The number of halogens is 2. The van der Waals surface area contributed by atoms with Crippen molar-refractivity contribution < 1.29 is 18.8 Å². The van der Waals surface area contributed by atoms with Gasteiger partial charge >= 0.3 is 0 Å². The first-order chi connectivity index (χ1) is 19.2. The van der Waals surface area contributed by atoms with Crippen molar-refractivity contribution in [2.24, 2.45) is 5.73 Å². The van der Waals surface area contributed by atoms with Gasteiger partial charge in [0.1, 0.15) is 16.5 Å². The number of carbonyl (C=O) groups is 3. The van der Waals surface area contributed by atoms with Crippen LogP contribution in [0.4, 0.5) is 10.1 Å². The maximum atomic E-state index is 13.6. The maximum Gasteiger partial charge on any atom is 0.268 e. The third-order valence-electron chi connectivity index (χ3n) is 6.78. The summed E-state index contributed by atoms with van der Waals surface area (Å²) in [5.41, 5.74) is 9.81. The number of nitrogens with zero attached hydrogens (tertiary/aromatic N) is 4. The molecule has 4 N–H and O–H groups in total. The molecule has 0 spiro atoms. The molecule has 3 amide bonds. The van der Waals surface area contributed by atoms with E-state index < -0.39 is 5.91 Å². The van der Waals surface area contributed by atoms with Crippen LogP contribution >= 0.6 is 23.7 Å². The minimum atomic E-state index is -0.591. The predicted molar refractivity (Wildman–Crippen MR) is 160 cm³/mol. The van der Waals surface area contributed by atoms with Crippen molar-refractivity contribution >= 4 is 47.2 Å². The Labute approximate surface area is 249 Å². The number of nitrogens with two attached hydrogens (primary N) is 1. The second kappa shape index (κ2) is 14.5. The summed E-state index contributed by atoms with van der Waals surface area (Å²) in [5, 5.41) is 11.8. The van der Waals surface area contributed by atoms with E-state index in [1.807, 2.05) is 37.1 Å². The summed E-state index contributed by atoms with van der Waals surface area (Å²) in [6.45, 7) is 6.61. The number of aryl methyl sites for hydroxylation is 1. The molecule has 13 heteroatoms. The molecule has 0 aliphatic carbocycles. The summed E-state index contributed by atoms with van der Waals surface area (Å²) in [5.74, 6) is -1.27. The fourth-order valence-electron chi connectivity index (χ4n) is 4.50. The van der Waals surface area contributed by atoms with Crippen molar-refractivity contribution in [3.05, 3.63) is 70.0 Å². The van der Waals surface area contributed by atoms with Gasteiger partial charge in [0, 0.05) is 49.9 Å². The largest absolute Gasteiger partial charge is 0.364 e. The fourth-order valence-corrected chi connectivity index (χ4v) is 5.31. The molecule has 1 aliphatic rings. The third-order valence-corrected chi connectivity index (χ3v) is 7.67. The van der Waals surface area contributed by atoms with Gasteiger partial charge in [-0.15, -0.1) is 23.7 Å². The van der Waals surface area contributed by atoms with Gasteiger partial charge in [0.2, 0.25) is 5.91 Å². The zero-order valence-corrected chi connectivity index (χ0v) is 24.9. The Morgan fingerprint density at radius 2 is 1.80 bits per heavy atom. The highest BCUT2D eigenvalue weighted by molar-refractivity contribution is 7.13. The number of thiazole rings is 1. The lowest BCUT2D eigenvalue weighted by atomic mass is 10.1. The van der Waals surface area contributed by atoms with Gasteiger partial charge in [0.15, 0.2) is 0 Å². The van der Waals surface area contributed by atoms with E-state index in [0.717, 1.165) is 34.5 Å². The number of primary amides is 1. The van der Waals surface area contributed by atoms with Crippen LogP contribution in [0.5, 0.6) is 0 Å². The van der Waals surface area contributed by atoms with Crippen molar-refractivity contribution in [1.82, 2.24) is 25.6 Å². The van der Waals surface area contributed by atoms with Gasteiger partial charge in [0.05, 0.1) is 13.1 Å². The van der Waals surface area contributed by atoms with Crippen LogP contribution in [0, 0.1) is 12.7 Å². The second-order valence-corrected chi connectivity index (χ2v) is 10.4. The number of fused-ring (bicyclic) bond motifs is 1. The zero-order valence-electron chi connectivity index (χ0n) is 23.3. The Morgan fingerprint density at radius 3 is 2.51 bits per heavy atom. The number of hydrogen-bond donors (Lipinski definition) is 3. The average molecular weight is 604 g/mol. The minimum absolute atomic E-state index is 0. The molecular weight excluding hydrogens is 569 g/mol. The SMILES string of the molecule is CCNCCN(C(=O)CNCC(=O)N(C)N1Cc2ccc(F)cc2C1)c1cc(-c2nc(C(N)=O)cs2)ccc1C.Cl. The molecule has 0 radical (unpaired) electrons. The quantitative estimate of drug-likeness (QED) is 0.272. The number of hydrazine groups is 1. The summed E-state index contributed by atoms with van der Waals surface area (Å²) < 4.78 is 13.6. The maximum absolute atomic E-state index is 13.6. The molecule has 41 heavy (non-hydrogen) atoms. The molecule has 220 valence electrons. The fraction of sp³-hybridized carbons (Fsp3) is 0.357. The third kappa shape index (κ3) is 7.86. The topological polar surface area (TPSA) is 124 Å². The molecular formula is C28H35ClFN7O3S. The summed E-state index contributed by atoms with van der Waals surface area (Å²) in [4.78, 5) is 43.8. The Morgan fingerprint density at radius 1 is 1.07 bits per heavy atom. The molecule has 0 saturated heterocycles. The Kier molecular flexibility index (Phi) is 11.3. The molecule has 0 saturated carbocycles. The molecule has 1 aliphatic heterocycles. The lowest BCUT2D eigenvalue weighted by Gasteiger charge is -2.28. The van der Waals surface area contributed by atoms with Crippen LogP contribution in [0.1, 0.15) is 34.1 Å². The van der Waals surface area contributed by atoms with Gasteiger partial charge in [-0.25, -0.2) is 14.4 Å². The second-order valence-electron chi connectivity index (χ2n) is 9.56. The van der Waals surface area contributed by atoms with Crippen LogP contribution in [-0.4, -0.2) is 72.5 Å². The predicted octanol–water partition coefficient (Wildman–Crippen LogP) is 2.70. The Balaban J connectivity index is 0.00000462. The van der Waals surface area contributed by atoms with Crippen LogP contribution in [0.3, 0.4) is 0 Å². The van der Waals surface area contributed by atoms with Gasteiger partial charge in [-0.3, -0.25) is 24.7 Å². The van der Waals surface area contributed by atoms with E-state index in [1.165, 1.54) is 28.5 Å². The normalized spacial score (nSPS) is 12.5. The van der Waals surface area contributed by atoms with Crippen molar-refractivity contribution in [3.8, 4) is 10.6 Å². The van der Waals surface area contributed by atoms with Crippen LogP contribution in [-0.2, 0) is 22.7 Å². The number of hydrogen-bond acceptors (Lipinski definition) is 8. The van der Waals surface area contributed by atoms with Crippen LogP contribution < -0.4 is 21.3 Å². The van der Waals surface area contributed by atoms with Gasteiger partial charge in [0.25, 0.3) is 11.8 Å². The van der Waals surface area contributed by atoms with Crippen LogP contribution in [0.25, 0.3) is 10.6 Å². The number of anilines is 1. The van der Waals surface area contributed by atoms with E-state index in [2.05, 4.69) is 15.6 Å². The number of aromatic nitrogens is 1. The first-order valence-corrected chi connectivity index (χ1v) is 13.9. The van der Waals surface area contributed by atoms with Crippen molar-refractivity contribution in [2.45, 2.75) is 26.9 Å². The van der Waals surface area contributed by atoms with E-state index >= 15 is 0 Å². The highest BCUT2D eigenvalue weighted by atomic mass is 35.5. The summed E-state index contributed by atoms with van der Waals surface area (Å²) in [6.07, 6.45) is 0. The average Bonchev–Trinajstić information content (AvgIpc) is 3.59.